The third-order valence-corrected chi connectivity index (χ3v) is 5.77. The molecule has 0 aliphatic heterocycles. The molecule has 2 N–H and O–H groups in total. The molecule has 1 aliphatic carbocycles. The Hall–Kier alpha value is -2.09. The summed E-state index contributed by atoms with van der Waals surface area (Å²) in [6.07, 6.45) is 7.67. The molecular formula is C19H27N5O2S. The number of rotatable bonds is 9. The molecule has 0 unspecified atom stereocenters. The van der Waals surface area contributed by atoms with E-state index in [0.717, 1.165) is 67.6 Å². The summed E-state index contributed by atoms with van der Waals surface area (Å²) >= 11 is 1.38. The monoisotopic (exact) mass is 389 g/mol. The van der Waals surface area contributed by atoms with Crippen molar-refractivity contribution in [3.63, 3.8) is 0 Å². The molecule has 0 saturated heterocycles. The first kappa shape index (κ1) is 19.7. The summed E-state index contributed by atoms with van der Waals surface area (Å²) in [5.41, 5.74) is 4.72. The molecule has 2 aromatic rings. The van der Waals surface area contributed by atoms with Crippen LogP contribution < -0.4 is 5.32 Å². The van der Waals surface area contributed by atoms with Crippen molar-refractivity contribution in [1.29, 1.82) is 0 Å². The summed E-state index contributed by atoms with van der Waals surface area (Å²) in [6, 6.07) is 0. The predicted octanol–water partition coefficient (Wildman–Crippen LogP) is 2.96. The topological polar surface area (TPSA) is 92.7 Å². The van der Waals surface area contributed by atoms with Crippen LogP contribution in [0.1, 0.15) is 61.3 Å². The van der Waals surface area contributed by atoms with E-state index in [4.69, 9.17) is 0 Å². The van der Waals surface area contributed by atoms with E-state index in [1.54, 1.807) is 6.92 Å². The number of hydrogen-bond acceptors (Lipinski definition) is 5. The average molecular weight is 390 g/mol. The number of thioether (sulfide) groups is 1. The quantitative estimate of drug-likeness (QED) is 0.643. The van der Waals surface area contributed by atoms with Gasteiger partial charge in [-0.3, -0.25) is 19.4 Å². The minimum atomic E-state index is -0.106. The van der Waals surface area contributed by atoms with Crippen LogP contribution in [0.15, 0.2) is 6.20 Å². The fraction of sp³-hybridized carbons (Fsp3) is 0.579. The standard InChI is InChI=1S/C19H27N5O2S/c1-3-24-16-9-8-14-17(15(16)12-21-24)22-23-18(14)19(26)20-10-6-4-5-7-11-27-13(2)25/h12H,3-11H2,1-2H3,(H,20,26)(H,22,23). The van der Waals surface area contributed by atoms with Crippen LogP contribution in [0.25, 0.3) is 11.3 Å². The van der Waals surface area contributed by atoms with Crippen molar-refractivity contribution >= 4 is 22.8 Å². The molecule has 0 fully saturated rings. The third kappa shape index (κ3) is 4.61. The van der Waals surface area contributed by atoms with Crippen LogP contribution >= 0.6 is 11.8 Å². The second-order valence-corrected chi connectivity index (χ2v) is 8.03. The lowest BCUT2D eigenvalue weighted by molar-refractivity contribution is -0.109. The van der Waals surface area contributed by atoms with Crippen molar-refractivity contribution in [1.82, 2.24) is 25.3 Å². The highest BCUT2D eigenvalue weighted by molar-refractivity contribution is 8.13. The number of nitrogens with one attached hydrogen (secondary N) is 2. The maximum atomic E-state index is 12.5. The first-order valence-electron chi connectivity index (χ1n) is 9.65. The van der Waals surface area contributed by atoms with E-state index in [-0.39, 0.29) is 11.0 Å². The molecule has 1 aliphatic rings. The second-order valence-electron chi connectivity index (χ2n) is 6.76. The van der Waals surface area contributed by atoms with Crippen molar-refractivity contribution in [2.75, 3.05) is 12.3 Å². The Morgan fingerprint density at radius 1 is 1.26 bits per heavy atom. The van der Waals surface area contributed by atoms with E-state index < -0.39 is 0 Å². The number of amides is 1. The number of fused-ring (bicyclic) bond motifs is 3. The minimum Gasteiger partial charge on any atom is -0.351 e. The summed E-state index contributed by atoms with van der Waals surface area (Å²) in [5, 5.41) is 14.9. The third-order valence-electron chi connectivity index (χ3n) is 4.87. The molecule has 7 nitrogen and oxygen atoms in total. The Kier molecular flexibility index (Phi) is 6.71. The Bertz CT molecular complexity index is 811. The van der Waals surface area contributed by atoms with Crippen molar-refractivity contribution in [2.45, 2.75) is 58.9 Å². The zero-order chi connectivity index (χ0) is 19.2. The second kappa shape index (κ2) is 9.21. The summed E-state index contributed by atoms with van der Waals surface area (Å²) in [5.74, 6) is 0.781. The Morgan fingerprint density at radius 2 is 2.07 bits per heavy atom. The number of aromatic amines is 1. The zero-order valence-corrected chi connectivity index (χ0v) is 16.8. The number of unbranched alkanes of at least 4 members (excludes halogenated alkanes) is 3. The van der Waals surface area contributed by atoms with Gasteiger partial charge in [0.15, 0.2) is 10.8 Å². The van der Waals surface area contributed by atoms with Gasteiger partial charge in [-0.25, -0.2) is 0 Å². The van der Waals surface area contributed by atoms with Gasteiger partial charge in [0.25, 0.3) is 5.91 Å². The summed E-state index contributed by atoms with van der Waals surface area (Å²) in [7, 11) is 0. The molecule has 1 amide bonds. The Labute approximate surface area is 163 Å². The molecule has 0 radical (unpaired) electrons. The van der Waals surface area contributed by atoms with Gasteiger partial charge in [0.2, 0.25) is 0 Å². The number of hydrogen-bond donors (Lipinski definition) is 2. The lowest BCUT2D eigenvalue weighted by atomic mass is 9.93. The van der Waals surface area contributed by atoms with Crippen LogP contribution in [-0.4, -0.2) is 43.3 Å². The first-order chi connectivity index (χ1) is 13.1. The number of nitrogens with zero attached hydrogens (tertiary/aromatic N) is 3. The lowest BCUT2D eigenvalue weighted by Crippen LogP contribution is -2.26. The van der Waals surface area contributed by atoms with E-state index >= 15 is 0 Å². The summed E-state index contributed by atoms with van der Waals surface area (Å²) < 4.78 is 2.01. The predicted molar refractivity (Wildman–Crippen MR) is 107 cm³/mol. The molecule has 0 saturated carbocycles. The molecule has 0 atom stereocenters. The summed E-state index contributed by atoms with van der Waals surface area (Å²) in [6.45, 7) is 5.18. The first-order valence-corrected chi connectivity index (χ1v) is 10.6. The van der Waals surface area contributed by atoms with Crippen LogP contribution in [0.2, 0.25) is 0 Å². The van der Waals surface area contributed by atoms with E-state index in [9.17, 15) is 9.59 Å². The van der Waals surface area contributed by atoms with Crippen molar-refractivity contribution < 1.29 is 9.59 Å². The molecule has 27 heavy (non-hydrogen) atoms. The largest absolute Gasteiger partial charge is 0.351 e. The van der Waals surface area contributed by atoms with Gasteiger partial charge in [-0.05, 0) is 32.6 Å². The van der Waals surface area contributed by atoms with Crippen molar-refractivity contribution in [2.24, 2.45) is 0 Å². The van der Waals surface area contributed by atoms with Crippen LogP contribution in [0.5, 0.6) is 0 Å². The van der Waals surface area contributed by atoms with E-state index in [0.29, 0.717) is 12.2 Å². The molecular weight excluding hydrogens is 362 g/mol. The van der Waals surface area contributed by atoms with Crippen LogP contribution in [-0.2, 0) is 24.2 Å². The van der Waals surface area contributed by atoms with Crippen LogP contribution in [0, 0.1) is 0 Å². The number of aromatic nitrogens is 4. The molecule has 3 rings (SSSR count). The van der Waals surface area contributed by atoms with Gasteiger partial charge < -0.3 is 5.32 Å². The molecule has 2 heterocycles. The fourth-order valence-corrected chi connectivity index (χ4v) is 4.14. The van der Waals surface area contributed by atoms with Gasteiger partial charge in [-0.1, -0.05) is 24.6 Å². The molecule has 0 aromatic carbocycles. The number of carbonyl (C=O) groups is 2. The van der Waals surface area contributed by atoms with Crippen LogP contribution in [0.4, 0.5) is 0 Å². The number of carbonyl (C=O) groups excluding carboxylic acids is 2. The highest BCUT2D eigenvalue weighted by Gasteiger charge is 2.27. The SMILES string of the molecule is CCn1ncc2c1CCc1c(C(=O)NCCCCCCSC(C)=O)n[nH]c1-2. The normalized spacial score (nSPS) is 12.5. The van der Waals surface area contributed by atoms with Crippen molar-refractivity contribution in [3.8, 4) is 11.3 Å². The van der Waals surface area contributed by atoms with E-state index in [2.05, 4.69) is 27.5 Å². The van der Waals surface area contributed by atoms with Gasteiger partial charge in [0.05, 0.1) is 11.9 Å². The molecule has 0 bridgehead atoms. The Morgan fingerprint density at radius 3 is 2.85 bits per heavy atom. The highest BCUT2D eigenvalue weighted by Crippen LogP contribution is 2.33. The zero-order valence-electron chi connectivity index (χ0n) is 16.0. The number of H-pyrrole nitrogens is 1. The molecule has 8 heteroatoms. The van der Waals surface area contributed by atoms with E-state index in [1.165, 1.54) is 17.5 Å². The molecule has 2 aromatic heterocycles. The Balaban J connectivity index is 1.47. The number of aryl methyl sites for hydroxylation is 1. The smallest absolute Gasteiger partial charge is 0.272 e. The maximum Gasteiger partial charge on any atom is 0.272 e. The minimum absolute atomic E-state index is 0.106. The van der Waals surface area contributed by atoms with E-state index in [1.807, 2.05) is 10.9 Å². The van der Waals surface area contributed by atoms with Crippen molar-refractivity contribution in [3.05, 3.63) is 23.1 Å². The highest BCUT2D eigenvalue weighted by atomic mass is 32.2. The lowest BCUT2D eigenvalue weighted by Gasteiger charge is -2.14. The van der Waals surface area contributed by atoms with Gasteiger partial charge >= 0.3 is 0 Å². The van der Waals surface area contributed by atoms with Gasteiger partial charge in [-0.15, -0.1) is 0 Å². The summed E-state index contributed by atoms with van der Waals surface area (Å²) in [4.78, 5) is 23.4. The van der Waals surface area contributed by atoms with Gasteiger partial charge in [0, 0.05) is 42.6 Å². The van der Waals surface area contributed by atoms with Crippen LogP contribution in [0.3, 0.4) is 0 Å². The molecule has 0 spiro atoms. The van der Waals surface area contributed by atoms with Gasteiger partial charge in [0.1, 0.15) is 0 Å². The molecule has 146 valence electrons. The maximum absolute atomic E-state index is 12.5. The fourth-order valence-electron chi connectivity index (χ4n) is 3.50. The average Bonchev–Trinajstić information content (AvgIpc) is 3.26. The van der Waals surface area contributed by atoms with Gasteiger partial charge in [-0.2, -0.15) is 10.2 Å².